The average Bonchev–Trinajstić information content (AvgIpc) is 2.66. The predicted octanol–water partition coefficient (Wildman–Crippen LogP) is 3.13. The fourth-order valence-electron chi connectivity index (χ4n) is 1.87. The summed E-state index contributed by atoms with van der Waals surface area (Å²) in [6.45, 7) is 0. The van der Waals surface area contributed by atoms with E-state index < -0.39 is 0 Å². The average molecular weight is 196 g/mol. The molecule has 1 heterocycles. The lowest BCUT2D eigenvalue weighted by atomic mass is 10.1. The van der Waals surface area contributed by atoms with Gasteiger partial charge in [0.25, 0.3) is 0 Å². The molecule has 15 heavy (non-hydrogen) atoms. The van der Waals surface area contributed by atoms with Crippen LogP contribution in [0.3, 0.4) is 0 Å². The number of aromatic nitrogens is 1. The Bertz CT molecular complexity index is 625. The van der Waals surface area contributed by atoms with Gasteiger partial charge in [0.1, 0.15) is 5.75 Å². The maximum atomic E-state index is 5.20. The van der Waals surface area contributed by atoms with Crippen LogP contribution < -0.4 is 4.74 Å². The molecule has 3 rings (SSSR count). The van der Waals surface area contributed by atoms with E-state index in [2.05, 4.69) is 23.2 Å². The second-order valence-corrected chi connectivity index (χ2v) is 3.50. The van der Waals surface area contributed by atoms with Crippen LogP contribution in [-0.4, -0.2) is 12.1 Å². The van der Waals surface area contributed by atoms with Crippen LogP contribution in [0, 0.1) is 6.07 Å². The van der Waals surface area contributed by atoms with E-state index in [1.54, 1.807) is 7.11 Å². The van der Waals surface area contributed by atoms with Gasteiger partial charge < -0.3 is 9.72 Å². The van der Waals surface area contributed by atoms with Gasteiger partial charge in [-0.3, -0.25) is 0 Å². The zero-order chi connectivity index (χ0) is 10.3. The molecule has 0 spiro atoms. The maximum Gasteiger partial charge on any atom is 0.120 e. The van der Waals surface area contributed by atoms with Crippen LogP contribution in [0.15, 0.2) is 36.4 Å². The Hall–Kier alpha value is -1.96. The number of ether oxygens (including phenoxy) is 1. The molecule has 0 unspecified atom stereocenters. The van der Waals surface area contributed by atoms with Crippen molar-refractivity contribution in [3.63, 3.8) is 0 Å². The van der Waals surface area contributed by atoms with E-state index in [-0.39, 0.29) is 0 Å². The SMILES string of the molecule is COc1c[c]c2[nH]c3ccccc3c2c1. The maximum absolute atomic E-state index is 5.20. The van der Waals surface area contributed by atoms with Crippen molar-refractivity contribution in [1.82, 2.24) is 4.98 Å². The zero-order valence-electron chi connectivity index (χ0n) is 8.37. The van der Waals surface area contributed by atoms with Crippen LogP contribution >= 0.6 is 0 Å². The number of hydrogen-bond donors (Lipinski definition) is 1. The van der Waals surface area contributed by atoms with Gasteiger partial charge >= 0.3 is 0 Å². The lowest BCUT2D eigenvalue weighted by Gasteiger charge is -1.97. The summed E-state index contributed by atoms with van der Waals surface area (Å²) in [4.78, 5) is 3.32. The zero-order valence-corrected chi connectivity index (χ0v) is 8.37. The van der Waals surface area contributed by atoms with E-state index in [0.717, 1.165) is 22.2 Å². The number of fused-ring (bicyclic) bond motifs is 3. The normalized spacial score (nSPS) is 11.0. The van der Waals surface area contributed by atoms with Crippen molar-refractivity contribution in [2.75, 3.05) is 7.11 Å². The molecule has 0 saturated carbocycles. The summed E-state index contributed by atoms with van der Waals surface area (Å²) in [6.07, 6.45) is 0. The molecule has 0 amide bonds. The molecule has 0 bridgehead atoms. The summed E-state index contributed by atoms with van der Waals surface area (Å²) in [6, 6.07) is 15.3. The Labute approximate surface area is 87.5 Å². The molecule has 1 radical (unpaired) electrons. The van der Waals surface area contributed by atoms with Gasteiger partial charge in [0, 0.05) is 22.4 Å². The van der Waals surface area contributed by atoms with Crippen molar-refractivity contribution in [1.29, 1.82) is 0 Å². The summed E-state index contributed by atoms with van der Waals surface area (Å²) in [5, 5.41) is 2.37. The highest BCUT2D eigenvalue weighted by Gasteiger charge is 2.04. The summed E-state index contributed by atoms with van der Waals surface area (Å²) in [7, 11) is 1.67. The van der Waals surface area contributed by atoms with Crippen molar-refractivity contribution in [2.45, 2.75) is 0 Å². The molecule has 2 aromatic carbocycles. The van der Waals surface area contributed by atoms with Crippen molar-refractivity contribution < 1.29 is 4.74 Å². The number of aromatic amines is 1. The third-order valence-electron chi connectivity index (χ3n) is 2.63. The third-order valence-corrected chi connectivity index (χ3v) is 2.63. The summed E-state index contributed by atoms with van der Waals surface area (Å²) in [5.41, 5.74) is 2.16. The molecule has 2 nitrogen and oxygen atoms in total. The molecular formula is C13H10NO. The molecule has 1 N–H and O–H groups in total. The Morgan fingerprint density at radius 2 is 2.07 bits per heavy atom. The van der Waals surface area contributed by atoms with Gasteiger partial charge in [0.05, 0.1) is 12.6 Å². The monoisotopic (exact) mass is 196 g/mol. The Morgan fingerprint density at radius 3 is 2.93 bits per heavy atom. The van der Waals surface area contributed by atoms with E-state index >= 15 is 0 Å². The first-order valence-corrected chi connectivity index (χ1v) is 4.84. The number of rotatable bonds is 1. The van der Waals surface area contributed by atoms with Gasteiger partial charge in [-0.25, -0.2) is 0 Å². The highest BCUT2D eigenvalue weighted by molar-refractivity contribution is 6.07. The Morgan fingerprint density at radius 1 is 1.20 bits per heavy atom. The molecule has 0 atom stereocenters. The molecule has 0 aliphatic heterocycles. The van der Waals surface area contributed by atoms with Crippen molar-refractivity contribution in [3.8, 4) is 5.75 Å². The summed E-state index contributed by atoms with van der Waals surface area (Å²) in [5.74, 6) is 0.840. The first-order chi connectivity index (χ1) is 7.38. The highest BCUT2D eigenvalue weighted by Crippen LogP contribution is 2.27. The number of para-hydroxylation sites is 1. The number of methoxy groups -OCH3 is 1. The van der Waals surface area contributed by atoms with Crippen LogP contribution in [0.5, 0.6) is 5.75 Å². The van der Waals surface area contributed by atoms with Crippen molar-refractivity contribution in [3.05, 3.63) is 42.5 Å². The van der Waals surface area contributed by atoms with Gasteiger partial charge in [-0.1, -0.05) is 18.2 Å². The number of nitrogens with one attached hydrogen (secondary N) is 1. The second kappa shape index (κ2) is 3.02. The first-order valence-electron chi connectivity index (χ1n) is 4.84. The van der Waals surface area contributed by atoms with Crippen LogP contribution in [0.4, 0.5) is 0 Å². The van der Waals surface area contributed by atoms with Crippen molar-refractivity contribution in [2.24, 2.45) is 0 Å². The quantitative estimate of drug-likeness (QED) is 0.635. The van der Waals surface area contributed by atoms with E-state index in [4.69, 9.17) is 4.74 Å². The third kappa shape index (κ3) is 1.18. The van der Waals surface area contributed by atoms with Gasteiger partial charge in [-0.15, -0.1) is 0 Å². The fourth-order valence-corrected chi connectivity index (χ4v) is 1.87. The van der Waals surface area contributed by atoms with Gasteiger partial charge in [-0.2, -0.15) is 0 Å². The standard InChI is InChI=1S/C13H10NO/c1-15-9-6-7-13-11(8-9)10-4-2-3-5-12(10)14-13/h2-6,8,14H,1H3. The van der Waals surface area contributed by atoms with E-state index in [0.29, 0.717) is 0 Å². The molecule has 0 fully saturated rings. The van der Waals surface area contributed by atoms with E-state index in [1.165, 1.54) is 5.39 Å². The molecule has 3 aromatic rings. The van der Waals surface area contributed by atoms with Crippen LogP contribution in [0.1, 0.15) is 0 Å². The summed E-state index contributed by atoms with van der Waals surface area (Å²) < 4.78 is 5.20. The number of hydrogen-bond acceptors (Lipinski definition) is 1. The minimum Gasteiger partial charge on any atom is -0.497 e. The van der Waals surface area contributed by atoms with E-state index in [1.807, 2.05) is 24.3 Å². The minimum atomic E-state index is 0.840. The minimum absolute atomic E-state index is 0.840. The Kier molecular flexibility index (Phi) is 1.68. The van der Waals surface area contributed by atoms with Gasteiger partial charge in [0.2, 0.25) is 0 Å². The van der Waals surface area contributed by atoms with Crippen molar-refractivity contribution >= 4 is 21.8 Å². The topological polar surface area (TPSA) is 25.0 Å². The fraction of sp³-hybridized carbons (Fsp3) is 0.0769. The molecule has 0 aliphatic carbocycles. The lowest BCUT2D eigenvalue weighted by molar-refractivity contribution is 0.415. The van der Waals surface area contributed by atoms with Gasteiger partial charge in [0.15, 0.2) is 0 Å². The van der Waals surface area contributed by atoms with Crippen LogP contribution in [-0.2, 0) is 0 Å². The number of benzene rings is 2. The number of H-pyrrole nitrogens is 1. The largest absolute Gasteiger partial charge is 0.497 e. The Balaban J connectivity index is 2.46. The van der Waals surface area contributed by atoms with Gasteiger partial charge in [-0.05, 0) is 18.2 Å². The summed E-state index contributed by atoms with van der Waals surface area (Å²) >= 11 is 0. The highest BCUT2D eigenvalue weighted by atomic mass is 16.5. The molecule has 73 valence electrons. The smallest absolute Gasteiger partial charge is 0.120 e. The van der Waals surface area contributed by atoms with Crippen LogP contribution in [0.25, 0.3) is 21.8 Å². The molecule has 1 aromatic heterocycles. The molecule has 0 aliphatic rings. The molecule has 0 saturated heterocycles. The molecule has 2 heteroatoms. The van der Waals surface area contributed by atoms with Crippen LogP contribution in [0.2, 0.25) is 0 Å². The molecular weight excluding hydrogens is 186 g/mol. The first kappa shape index (κ1) is 8.36. The van der Waals surface area contributed by atoms with E-state index in [9.17, 15) is 0 Å². The lowest BCUT2D eigenvalue weighted by Crippen LogP contribution is -1.80. The predicted molar refractivity (Wildman–Crippen MR) is 61.2 cm³/mol. The second-order valence-electron chi connectivity index (χ2n) is 3.50.